The number of carbonyl (C=O) groups is 3. The molecular weight excluding hydrogens is 502 g/mol. The molecule has 1 aliphatic rings. The Labute approximate surface area is 227 Å². The van der Waals surface area contributed by atoms with Gasteiger partial charge >= 0.3 is 11.9 Å². The number of ether oxygens (including phenoxy) is 2. The van der Waals surface area contributed by atoms with Crippen LogP contribution in [0.1, 0.15) is 51.7 Å². The molecule has 0 aromatic heterocycles. The molecule has 0 aliphatic carbocycles. The Balaban J connectivity index is 2.08. The molecule has 0 radical (unpaired) electrons. The highest BCUT2D eigenvalue weighted by atomic mass is 16.6. The Bertz CT molecular complexity index is 1330. The van der Waals surface area contributed by atoms with Gasteiger partial charge < -0.3 is 14.8 Å². The molecule has 0 saturated carbocycles. The summed E-state index contributed by atoms with van der Waals surface area (Å²) in [6.45, 7) is 8.46. The number of amides is 1. The fourth-order valence-corrected chi connectivity index (χ4v) is 4.61. The quantitative estimate of drug-likeness (QED) is 0.302. The van der Waals surface area contributed by atoms with Crippen LogP contribution in [0.4, 0.5) is 5.69 Å². The fraction of sp³-hybridized carbons (Fsp3) is 0.379. The molecule has 39 heavy (non-hydrogen) atoms. The molecule has 2 aromatic carbocycles. The lowest BCUT2D eigenvalue weighted by atomic mass is 9.75. The third kappa shape index (κ3) is 7.16. The molecule has 1 amide bonds. The standard InChI is InChI=1S/C29H33N3O7/c1-17-23(26(33)31-22(27(34)39-29(3,4)5)15-19-11-8-7-9-12-19)25(24(18(2)30-17)28(35)38-6)20-13-10-14-21(16-20)32(36)37/h7-14,16,22,24-25H,15H2,1-6H3,(H,31,33). The van der Waals surface area contributed by atoms with E-state index < -0.39 is 46.2 Å². The van der Waals surface area contributed by atoms with Crippen LogP contribution in [0.25, 0.3) is 0 Å². The third-order valence-electron chi connectivity index (χ3n) is 6.25. The van der Waals surface area contributed by atoms with E-state index >= 15 is 0 Å². The fourth-order valence-electron chi connectivity index (χ4n) is 4.61. The second-order valence-corrected chi connectivity index (χ2v) is 10.3. The van der Waals surface area contributed by atoms with Crippen molar-refractivity contribution in [1.29, 1.82) is 0 Å². The minimum atomic E-state index is -1.05. The summed E-state index contributed by atoms with van der Waals surface area (Å²) >= 11 is 0. The maximum absolute atomic E-state index is 13.9. The Morgan fingerprint density at radius 2 is 1.74 bits per heavy atom. The Hall–Kier alpha value is -4.34. The predicted molar refractivity (Wildman–Crippen MR) is 145 cm³/mol. The molecule has 1 aliphatic heterocycles. The van der Waals surface area contributed by atoms with Crippen molar-refractivity contribution in [2.45, 2.75) is 58.6 Å². The Morgan fingerprint density at radius 1 is 1.08 bits per heavy atom. The number of nitro groups is 1. The molecule has 10 nitrogen and oxygen atoms in total. The highest BCUT2D eigenvalue weighted by Gasteiger charge is 2.43. The Kier molecular flexibility index (Phi) is 9.00. The van der Waals surface area contributed by atoms with Gasteiger partial charge in [-0.1, -0.05) is 42.5 Å². The highest BCUT2D eigenvalue weighted by Crippen LogP contribution is 2.40. The van der Waals surface area contributed by atoms with Gasteiger partial charge in [-0.05, 0) is 45.7 Å². The topological polar surface area (TPSA) is 137 Å². The normalized spacial score (nSPS) is 18.1. The van der Waals surface area contributed by atoms with Gasteiger partial charge in [0.15, 0.2) is 0 Å². The summed E-state index contributed by atoms with van der Waals surface area (Å²) in [5.74, 6) is -3.84. The monoisotopic (exact) mass is 535 g/mol. The van der Waals surface area contributed by atoms with Crippen LogP contribution in [0.2, 0.25) is 0 Å². The van der Waals surface area contributed by atoms with E-state index in [2.05, 4.69) is 10.3 Å². The predicted octanol–water partition coefficient (Wildman–Crippen LogP) is 4.29. The molecule has 3 rings (SSSR count). The number of rotatable bonds is 8. The zero-order valence-electron chi connectivity index (χ0n) is 22.9. The molecule has 10 heteroatoms. The van der Waals surface area contributed by atoms with Gasteiger partial charge in [-0.2, -0.15) is 0 Å². The second kappa shape index (κ2) is 12.0. The molecule has 2 aromatic rings. The first-order chi connectivity index (χ1) is 18.3. The zero-order valence-corrected chi connectivity index (χ0v) is 22.9. The number of non-ortho nitro benzene ring substituents is 1. The molecule has 1 N–H and O–H groups in total. The summed E-state index contributed by atoms with van der Waals surface area (Å²) in [4.78, 5) is 55.4. The maximum atomic E-state index is 13.9. The van der Waals surface area contributed by atoms with E-state index in [1.807, 2.05) is 30.3 Å². The van der Waals surface area contributed by atoms with Gasteiger partial charge in [0.2, 0.25) is 5.91 Å². The number of nitrogens with zero attached hydrogens (tertiary/aromatic N) is 2. The summed E-state index contributed by atoms with van der Waals surface area (Å²) in [6.07, 6.45) is 0.165. The van der Waals surface area contributed by atoms with Gasteiger partial charge in [0.1, 0.15) is 17.6 Å². The van der Waals surface area contributed by atoms with Crippen LogP contribution in [-0.4, -0.2) is 47.2 Å². The number of hydrogen-bond acceptors (Lipinski definition) is 8. The lowest BCUT2D eigenvalue weighted by Crippen LogP contribution is -2.48. The summed E-state index contributed by atoms with van der Waals surface area (Å²) in [5.41, 5.74) is 1.03. The van der Waals surface area contributed by atoms with Gasteiger partial charge in [-0.15, -0.1) is 0 Å². The van der Waals surface area contributed by atoms with E-state index in [4.69, 9.17) is 9.47 Å². The number of allylic oxidation sites excluding steroid dienone is 1. The van der Waals surface area contributed by atoms with Crippen molar-refractivity contribution in [2.24, 2.45) is 10.9 Å². The van der Waals surface area contributed by atoms with E-state index in [-0.39, 0.29) is 17.7 Å². The van der Waals surface area contributed by atoms with Crippen LogP contribution in [0.5, 0.6) is 0 Å². The van der Waals surface area contributed by atoms with Crippen LogP contribution < -0.4 is 5.32 Å². The van der Waals surface area contributed by atoms with Crippen LogP contribution >= 0.6 is 0 Å². The number of esters is 2. The van der Waals surface area contributed by atoms with Crippen molar-refractivity contribution in [3.63, 3.8) is 0 Å². The van der Waals surface area contributed by atoms with Crippen molar-refractivity contribution in [3.8, 4) is 0 Å². The van der Waals surface area contributed by atoms with Crippen molar-refractivity contribution in [2.75, 3.05) is 7.11 Å². The van der Waals surface area contributed by atoms with Crippen molar-refractivity contribution < 1.29 is 28.8 Å². The number of aliphatic imine (C=N–C) groups is 1. The van der Waals surface area contributed by atoms with E-state index in [1.54, 1.807) is 40.7 Å². The first kappa shape index (κ1) is 29.2. The second-order valence-electron chi connectivity index (χ2n) is 10.3. The maximum Gasteiger partial charge on any atom is 0.329 e. The lowest BCUT2D eigenvalue weighted by molar-refractivity contribution is -0.384. The zero-order chi connectivity index (χ0) is 28.9. The first-order valence-corrected chi connectivity index (χ1v) is 12.5. The highest BCUT2D eigenvalue weighted by molar-refractivity contribution is 6.08. The van der Waals surface area contributed by atoms with Crippen LogP contribution in [0.15, 0.2) is 70.9 Å². The van der Waals surface area contributed by atoms with Gasteiger partial charge in [0, 0.05) is 41.5 Å². The van der Waals surface area contributed by atoms with Gasteiger partial charge in [-0.25, -0.2) is 4.79 Å². The van der Waals surface area contributed by atoms with Gasteiger partial charge in [0.05, 0.1) is 12.0 Å². The third-order valence-corrected chi connectivity index (χ3v) is 6.25. The van der Waals surface area contributed by atoms with Crippen molar-refractivity contribution >= 4 is 29.2 Å². The van der Waals surface area contributed by atoms with E-state index in [0.29, 0.717) is 17.0 Å². The summed E-state index contributed by atoms with van der Waals surface area (Å²) in [5, 5.41) is 14.3. The van der Waals surface area contributed by atoms with Crippen molar-refractivity contribution in [3.05, 3.63) is 87.1 Å². The molecule has 206 valence electrons. The largest absolute Gasteiger partial charge is 0.468 e. The smallest absolute Gasteiger partial charge is 0.329 e. The molecule has 0 saturated heterocycles. The summed E-state index contributed by atoms with van der Waals surface area (Å²) in [7, 11) is 1.23. The molecule has 1 heterocycles. The lowest BCUT2D eigenvalue weighted by Gasteiger charge is -2.32. The minimum Gasteiger partial charge on any atom is -0.468 e. The van der Waals surface area contributed by atoms with Gasteiger partial charge in [0.25, 0.3) is 5.69 Å². The van der Waals surface area contributed by atoms with E-state index in [1.165, 1.54) is 25.3 Å². The van der Waals surface area contributed by atoms with Crippen molar-refractivity contribution in [1.82, 2.24) is 5.32 Å². The van der Waals surface area contributed by atoms with Crippen LogP contribution in [-0.2, 0) is 30.3 Å². The van der Waals surface area contributed by atoms with Gasteiger partial charge in [-0.3, -0.25) is 24.7 Å². The average molecular weight is 536 g/mol. The molecule has 0 spiro atoms. The first-order valence-electron chi connectivity index (χ1n) is 12.5. The molecule has 3 unspecified atom stereocenters. The minimum absolute atomic E-state index is 0.109. The molecular formula is C29H33N3O7. The average Bonchev–Trinajstić information content (AvgIpc) is 2.87. The van der Waals surface area contributed by atoms with E-state index in [9.17, 15) is 24.5 Å². The number of nitro benzene ring substituents is 1. The summed E-state index contributed by atoms with van der Waals surface area (Å²) in [6, 6.07) is 13.9. The number of nitrogens with one attached hydrogen (secondary N) is 1. The molecule has 0 bridgehead atoms. The Morgan fingerprint density at radius 3 is 2.33 bits per heavy atom. The number of hydrogen-bond donors (Lipinski definition) is 1. The number of carbonyl (C=O) groups excluding carboxylic acids is 3. The SMILES string of the molecule is COC(=O)C1C(C)=NC(C)=C(C(=O)NC(Cc2ccccc2)C(=O)OC(C)(C)C)C1c1cccc([N+](=O)[O-])c1. The number of benzene rings is 2. The van der Waals surface area contributed by atoms with Crippen LogP contribution in [0.3, 0.4) is 0 Å². The van der Waals surface area contributed by atoms with Crippen LogP contribution in [0, 0.1) is 16.0 Å². The molecule has 0 fully saturated rings. The summed E-state index contributed by atoms with van der Waals surface area (Å²) < 4.78 is 10.6. The molecule has 3 atom stereocenters. The number of methoxy groups -OCH3 is 1. The van der Waals surface area contributed by atoms with E-state index in [0.717, 1.165) is 5.56 Å².